The Bertz CT molecular complexity index is 584. The number of nitrogens with zero attached hydrogens (tertiary/aromatic N) is 2. The molecule has 1 aromatic rings. The van der Waals surface area contributed by atoms with Crippen LogP contribution in [0, 0.1) is 0 Å². The Balaban J connectivity index is 2.42. The van der Waals surface area contributed by atoms with Gasteiger partial charge in [-0.05, 0) is 33.2 Å². The fraction of sp³-hybridized carbons (Fsp3) is 0.429. The van der Waals surface area contributed by atoms with Crippen LogP contribution in [0.5, 0.6) is 0 Å². The van der Waals surface area contributed by atoms with Crippen molar-refractivity contribution < 1.29 is 13.8 Å². The maximum atomic E-state index is 12.1. The summed E-state index contributed by atoms with van der Waals surface area (Å²) in [4.78, 5) is 27.8. The van der Waals surface area contributed by atoms with Gasteiger partial charge in [-0.25, -0.2) is 0 Å². The summed E-state index contributed by atoms with van der Waals surface area (Å²) < 4.78 is 12.0. The van der Waals surface area contributed by atoms with E-state index in [1.54, 1.807) is 23.1 Å². The van der Waals surface area contributed by atoms with E-state index in [-0.39, 0.29) is 17.4 Å². The summed E-state index contributed by atoms with van der Waals surface area (Å²) in [5.74, 6) is -0.206. The van der Waals surface area contributed by atoms with Gasteiger partial charge < -0.3 is 9.80 Å². The number of carbonyl (C=O) groups is 2. The Kier molecular flexibility index (Phi) is 4.35. The number of rotatable bonds is 4. The summed E-state index contributed by atoms with van der Waals surface area (Å²) in [6, 6.07) is 5.03. The largest absolute Gasteiger partial charge is 0.309 e. The quantitative estimate of drug-likeness (QED) is 0.774. The molecule has 1 aromatic carbocycles. The molecule has 0 spiro atoms. The molecule has 0 aliphatic carbocycles. The third kappa shape index (κ3) is 2.96. The van der Waals surface area contributed by atoms with Crippen LogP contribution in [-0.4, -0.2) is 53.7 Å². The van der Waals surface area contributed by atoms with E-state index < -0.39 is 10.8 Å². The molecule has 2 rings (SSSR count). The van der Waals surface area contributed by atoms with Gasteiger partial charge in [0.2, 0.25) is 5.91 Å². The highest BCUT2D eigenvalue weighted by Gasteiger charge is 2.29. The van der Waals surface area contributed by atoms with Crippen molar-refractivity contribution in [3.05, 3.63) is 23.8 Å². The molecule has 0 radical (unpaired) electrons. The highest BCUT2D eigenvalue weighted by molar-refractivity contribution is 7.86. The first kappa shape index (κ1) is 14.9. The minimum absolute atomic E-state index is 0.0137. The van der Waals surface area contributed by atoms with Gasteiger partial charge in [0.15, 0.2) is 5.78 Å². The zero-order valence-electron chi connectivity index (χ0n) is 11.9. The number of amides is 1. The predicted octanol–water partition coefficient (Wildman–Crippen LogP) is 0.905. The zero-order chi connectivity index (χ0) is 14.9. The third-order valence-electron chi connectivity index (χ3n) is 3.23. The number of likely N-dealkylation sites (N-methyl/N-ethyl adjacent to an activating group) is 1. The average Bonchev–Trinajstić information content (AvgIpc) is 2.37. The summed E-state index contributed by atoms with van der Waals surface area (Å²) in [6.45, 7) is 2.72. The standard InChI is InChI=1S/C14H18N2O3S/c1-10(17)11-4-5-13-12(8-11)16(7-6-15(2)3)14(18)9-20(13)19/h4-5,8H,6-7,9H2,1-3H3. The van der Waals surface area contributed by atoms with Gasteiger partial charge in [0.05, 0.1) is 21.4 Å². The highest BCUT2D eigenvalue weighted by Crippen LogP contribution is 2.30. The number of benzene rings is 1. The van der Waals surface area contributed by atoms with Crippen LogP contribution in [0.2, 0.25) is 0 Å². The summed E-state index contributed by atoms with van der Waals surface area (Å²) in [5.41, 5.74) is 1.14. The first-order valence-corrected chi connectivity index (χ1v) is 7.70. The minimum Gasteiger partial charge on any atom is -0.309 e. The second kappa shape index (κ2) is 5.85. The van der Waals surface area contributed by atoms with Crippen molar-refractivity contribution in [2.75, 3.05) is 37.8 Å². The lowest BCUT2D eigenvalue weighted by molar-refractivity contribution is -0.116. The molecule has 20 heavy (non-hydrogen) atoms. The molecule has 0 fully saturated rings. The van der Waals surface area contributed by atoms with Crippen LogP contribution in [0.3, 0.4) is 0 Å². The Morgan fingerprint density at radius 1 is 1.40 bits per heavy atom. The van der Waals surface area contributed by atoms with Crippen LogP contribution >= 0.6 is 0 Å². The SMILES string of the molecule is CC(=O)c1ccc2c(c1)N(CCN(C)C)C(=O)CS2=O. The fourth-order valence-electron chi connectivity index (χ4n) is 2.09. The van der Waals surface area contributed by atoms with Crippen molar-refractivity contribution in [2.45, 2.75) is 11.8 Å². The molecule has 1 heterocycles. The maximum absolute atomic E-state index is 12.1. The van der Waals surface area contributed by atoms with Gasteiger partial charge in [-0.1, -0.05) is 6.07 Å². The number of carbonyl (C=O) groups excluding carboxylic acids is 2. The molecule has 1 unspecified atom stereocenters. The van der Waals surface area contributed by atoms with E-state index in [2.05, 4.69) is 0 Å². The van der Waals surface area contributed by atoms with Crippen molar-refractivity contribution in [1.29, 1.82) is 0 Å². The van der Waals surface area contributed by atoms with Crippen LogP contribution < -0.4 is 4.90 Å². The zero-order valence-corrected chi connectivity index (χ0v) is 12.7. The fourth-order valence-corrected chi connectivity index (χ4v) is 3.24. The summed E-state index contributed by atoms with van der Waals surface area (Å²) in [6.07, 6.45) is 0. The van der Waals surface area contributed by atoms with Crippen molar-refractivity contribution in [3.63, 3.8) is 0 Å². The second-order valence-corrected chi connectivity index (χ2v) is 6.50. The molecule has 1 aliphatic rings. The van der Waals surface area contributed by atoms with Crippen LogP contribution in [0.4, 0.5) is 5.69 Å². The van der Waals surface area contributed by atoms with Gasteiger partial charge in [0.1, 0.15) is 5.75 Å². The van der Waals surface area contributed by atoms with Gasteiger partial charge >= 0.3 is 0 Å². The van der Waals surface area contributed by atoms with E-state index in [9.17, 15) is 13.8 Å². The number of hydrogen-bond acceptors (Lipinski definition) is 4. The number of hydrogen-bond donors (Lipinski definition) is 0. The lowest BCUT2D eigenvalue weighted by Gasteiger charge is -2.30. The predicted molar refractivity (Wildman–Crippen MR) is 78.6 cm³/mol. The van der Waals surface area contributed by atoms with Crippen LogP contribution in [-0.2, 0) is 15.6 Å². The van der Waals surface area contributed by atoms with Crippen molar-refractivity contribution in [1.82, 2.24) is 4.90 Å². The van der Waals surface area contributed by atoms with E-state index in [0.29, 0.717) is 29.2 Å². The number of ketones is 1. The Hall–Kier alpha value is -1.53. The molecular formula is C14H18N2O3S. The molecule has 108 valence electrons. The van der Waals surface area contributed by atoms with Gasteiger partial charge in [-0.3, -0.25) is 13.8 Å². The topological polar surface area (TPSA) is 57.7 Å². The molecule has 6 heteroatoms. The van der Waals surface area contributed by atoms with E-state index in [4.69, 9.17) is 0 Å². The monoisotopic (exact) mass is 294 g/mol. The molecule has 0 bridgehead atoms. The molecular weight excluding hydrogens is 276 g/mol. The third-order valence-corrected chi connectivity index (χ3v) is 4.57. The average molecular weight is 294 g/mol. The number of Topliss-reactive ketones (excluding diaryl/α,β-unsaturated/α-hetero) is 1. The van der Waals surface area contributed by atoms with E-state index in [1.807, 2.05) is 19.0 Å². The van der Waals surface area contributed by atoms with Gasteiger partial charge in [0.25, 0.3) is 0 Å². The first-order chi connectivity index (χ1) is 9.40. The van der Waals surface area contributed by atoms with Gasteiger partial charge in [0, 0.05) is 18.7 Å². The van der Waals surface area contributed by atoms with Crippen LogP contribution in [0.25, 0.3) is 0 Å². The smallest absolute Gasteiger partial charge is 0.240 e. The number of anilines is 1. The maximum Gasteiger partial charge on any atom is 0.240 e. The molecule has 1 aliphatic heterocycles. The summed E-state index contributed by atoms with van der Waals surface area (Å²) >= 11 is 0. The second-order valence-electron chi connectivity index (χ2n) is 5.08. The lowest BCUT2D eigenvalue weighted by Crippen LogP contribution is -2.42. The van der Waals surface area contributed by atoms with Crippen LogP contribution in [0.1, 0.15) is 17.3 Å². The van der Waals surface area contributed by atoms with Crippen molar-refractivity contribution in [3.8, 4) is 0 Å². The van der Waals surface area contributed by atoms with Crippen molar-refractivity contribution >= 4 is 28.2 Å². The molecule has 1 atom stereocenters. The highest BCUT2D eigenvalue weighted by atomic mass is 32.2. The van der Waals surface area contributed by atoms with Gasteiger partial charge in [-0.15, -0.1) is 0 Å². The molecule has 1 amide bonds. The minimum atomic E-state index is -1.32. The first-order valence-electron chi connectivity index (χ1n) is 6.38. The van der Waals surface area contributed by atoms with E-state index in [1.165, 1.54) is 6.92 Å². The summed E-state index contributed by atoms with van der Waals surface area (Å²) in [5, 5.41) is 0. The van der Waals surface area contributed by atoms with E-state index >= 15 is 0 Å². The Morgan fingerprint density at radius 2 is 2.10 bits per heavy atom. The molecule has 0 saturated heterocycles. The molecule has 0 saturated carbocycles. The van der Waals surface area contributed by atoms with Crippen LogP contribution in [0.15, 0.2) is 23.1 Å². The Morgan fingerprint density at radius 3 is 2.70 bits per heavy atom. The molecule has 0 N–H and O–H groups in total. The summed E-state index contributed by atoms with van der Waals surface area (Å²) in [7, 11) is 2.54. The lowest BCUT2D eigenvalue weighted by atomic mass is 10.1. The molecule has 0 aromatic heterocycles. The number of fused-ring (bicyclic) bond motifs is 1. The van der Waals surface area contributed by atoms with E-state index in [0.717, 1.165) is 0 Å². The molecule has 5 nitrogen and oxygen atoms in total. The Labute approximate surface area is 121 Å². The van der Waals surface area contributed by atoms with Crippen molar-refractivity contribution in [2.24, 2.45) is 0 Å². The van der Waals surface area contributed by atoms with Gasteiger partial charge in [-0.2, -0.15) is 0 Å². The normalized spacial score (nSPS) is 18.3.